The van der Waals surface area contributed by atoms with Crippen LogP contribution in [0.3, 0.4) is 0 Å². The molecule has 0 aromatic carbocycles. The van der Waals surface area contributed by atoms with Gasteiger partial charge in [-0.3, -0.25) is 9.69 Å². The van der Waals surface area contributed by atoms with Crippen LogP contribution in [-0.2, 0) is 4.79 Å². The first kappa shape index (κ1) is 14.8. The Hall–Kier alpha value is -0.610. The first-order chi connectivity index (χ1) is 9.19. The van der Waals surface area contributed by atoms with Gasteiger partial charge in [0, 0.05) is 19.6 Å². The maximum atomic E-state index is 12.3. The van der Waals surface area contributed by atoms with E-state index in [9.17, 15) is 4.79 Å². The molecule has 2 fully saturated rings. The third kappa shape index (κ3) is 4.46. The monoisotopic (exact) mass is 267 g/mol. The van der Waals surface area contributed by atoms with Crippen molar-refractivity contribution in [2.24, 2.45) is 11.8 Å². The molecule has 4 nitrogen and oxygen atoms in total. The zero-order valence-electron chi connectivity index (χ0n) is 12.5. The van der Waals surface area contributed by atoms with E-state index in [0.29, 0.717) is 18.4 Å². The Morgan fingerprint density at radius 3 is 2.63 bits per heavy atom. The average molecular weight is 267 g/mol. The number of amides is 1. The second-order valence-electron chi connectivity index (χ2n) is 6.36. The molecule has 0 aromatic rings. The third-order valence-corrected chi connectivity index (χ3v) is 4.59. The lowest BCUT2D eigenvalue weighted by atomic mass is 9.97. The van der Waals surface area contributed by atoms with E-state index in [2.05, 4.69) is 22.0 Å². The molecule has 1 unspecified atom stereocenters. The minimum Gasteiger partial charge on any atom is -0.342 e. The van der Waals surface area contributed by atoms with Gasteiger partial charge < -0.3 is 10.2 Å². The Morgan fingerprint density at radius 1 is 1.21 bits per heavy atom. The van der Waals surface area contributed by atoms with Crippen LogP contribution in [0.4, 0.5) is 0 Å². The number of likely N-dealkylation sites (tertiary alicyclic amines) is 2. The molecule has 1 amide bonds. The minimum atomic E-state index is 0.344. The van der Waals surface area contributed by atoms with Gasteiger partial charge in [0.05, 0.1) is 6.54 Å². The molecule has 0 aliphatic carbocycles. The predicted molar refractivity (Wildman–Crippen MR) is 78.1 cm³/mol. The molecule has 2 saturated heterocycles. The highest BCUT2D eigenvalue weighted by Crippen LogP contribution is 2.18. The Kier molecular flexibility index (Phi) is 5.64. The summed E-state index contributed by atoms with van der Waals surface area (Å²) in [6.45, 7) is 8.10. The highest BCUT2D eigenvalue weighted by molar-refractivity contribution is 5.78. The highest BCUT2D eigenvalue weighted by Gasteiger charge is 2.25. The summed E-state index contributed by atoms with van der Waals surface area (Å²) in [6.07, 6.45) is 4.88. The first-order valence-corrected chi connectivity index (χ1v) is 7.83. The van der Waals surface area contributed by atoms with Gasteiger partial charge in [0.15, 0.2) is 0 Å². The van der Waals surface area contributed by atoms with Gasteiger partial charge >= 0.3 is 0 Å². The molecule has 110 valence electrons. The lowest BCUT2D eigenvalue weighted by molar-refractivity contribution is -0.134. The molecule has 0 bridgehead atoms. The van der Waals surface area contributed by atoms with E-state index in [0.717, 1.165) is 38.6 Å². The van der Waals surface area contributed by atoms with E-state index < -0.39 is 0 Å². The largest absolute Gasteiger partial charge is 0.342 e. The Labute approximate surface area is 117 Å². The molecule has 0 aromatic heterocycles. The third-order valence-electron chi connectivity index (χ3n) is 4.59. The van der Waals surface area contributed by atoms with Crippen molar-refractivity contribution in [1.82, 2.24) is 15.1 Å². The fourth-order valence-electron chi connectivity index (χ4n) is 3.30. The Balaban J connectivity index is 1.75. The SMILES string of the molecule is CNCC1CCCN(CC(=O)N2CCC(C)CC2)C1. The average Bonchev–Trinajstić information content (AvgIpc) is 2.40. The molecule has 1 atom stereocenters. The van der Waals surface area contributed by atoms with E-state index >= 15 is 0 Å². The molecule has 2 aliphatic heterocycles. The van der Waals surface area contributed by atoms with Gasteiger partial charge in [0.2, 0.25) is 5.91 Å². The van der Waals surface area contributed by atoms with Gasteiger partial charge in [0.1, 0.15) is 0 Å². The van der Waals surface area contributed by atoms with Crippen LogP contribution in [0.25, 0.3) is 0 Å². The van der Waals surface area contributed by atoms with E-state index in [1.54, 1.807) is 0 Å². The summed E-state index contributed by atoms with van der Waals surface area (Å²) < 4.78 is 0. The number of carbonyl (C=O) groups is 1. The quantitative estimate of drug-likeness (QED) is 0.831. The second kappa shape index (κ2) is 7.25. The zero-order valence-corrected chi connectivity index (χ0v) is 12.5. The maximum Gasteiger partial charge on any atom is 0.236 e. The number of hydrogen-bond donors (Lipinski definition) is 1. The van der Waals surface area contributed by atoms with Crippen LogP contribution >= 0.6 is 0 Å². The normalized spacial score (nSPS) is 26.6. The molecule has 2 heterocycles. The fourth-order valence-corrected chi connectivity index (χ4v) is 3.30. The number of nitrogens with zero attached hydrogens (tertiary/aromatic N) is 2. The van der Waals surface area contributed by atoms with Gasteiger partial charge in [-0.05, 0) is 57.7 Å². The Bertz CT molecular complexity index is 285. The lowest BCUT2D eigenvalue weighted by Crippen LogP contribution is -2.47. The van der Waals surface area contributed by atoms with Crippen molar-refractivity contribution >= 4 is 5.91 Å². The zero-order chi connectivity index (χ0) is 13.7. The summed E-state index contributed by atoms with van der Waals surface area (Å²) >= 11 is 0. The molecule has 19 heavy (non-hydrogen) atoms. The van der Waals surface area contributed by atoms with Crippen LogP contribution in [-0.4, -0.2) is 62.0 Å². The van der Waals surface area contributed by atoms with Crippen LogP contribution < -0.4 is 5.32 Å². The number of hydrogen-bond acceptors (Lipinski definition) is 3. The number of carbonyl (C=O) groups excluding carboxylic acids is 1. The highest BCUT2D eigenvalue weighted by atomic mass is 16.2. The standard InChI is InChI=1S/C15H29N3O/c1-13-5-8-18(9-6-13)15(19)12-17-7-3-4-14(11-17)10-16-2/h13-14,16H,3-12H2,1-2H3. The molecule has 2 aliphatic rings. The summed E-state index contributed by atoms with van der Waals surface area (Å²) in [6, 6.07) is 0. The predicted octanol–water partition coefficient (Wildman–Crippen LogP) is 1.18. The molecule has 0 saturated carbocycles. The molecule has 2 rings (SSSR count). The smallest absolute Gasteiger partial charge is 0.236 e. The second-order valence-corrected chi connectivity index (χ2v) is 6.36. The van der Waals surface area contributed by atoms with Crippen LogP contribution in [0, 0.1) is 11.8 Å². The van der Waals surface area contributed by atoms with Crippen molar-refractivity contribution in [3.63, 3.8) is 0 Å². The lowest BCUT2D eigenvalue weighted by Gasteiger charge is -2.35. The first-order valence-electron chi connectivity index (χ1n) is 7.83. The van der Waals surface area contributed by atoms with Crippen molar-refractivity contribution in [2.75, 3.05) is 46.3 Å². The van der Waals surface area contributed by atoms with Crippen LogP contribution in [0.5, 0.6) is 0 Å². The number of rotatable bonds is 4. The summed E-state index contributed by atoms with van der Waals surface area (Å²) in [5, 5.41) is 3.26. The van der Waals surface area contributed by atoms with Crippen molar-refractivity contribution in [3.8, 4) is 0 Å². The topological polar surface area (TPSA) is 35.6 Å². The van der Waals surface area contributed by atoms with Crippen molar-refractivity contribution in [1.29, 1.82) is 0 Å². The molecule has 0 spiro atoms. The van der Waals surface area contributed by atoms with Gasteiger partial charge in [-0.2, -0.15) is 0 Å². The van der Waals surface area contributed by atoms with Gasteiger partial charge in [0.25, 0.3) is 0 Å². The van der Waals surface area contributed by atoms with E-state index in [4.69, 9.17) is 0 Å². The van der Waals surface area contributed by atoms with Gasteiger partial charge in [-0.15, -0.1) is 0 Å². The fraction of sp³-hybridized carbons (Fsp3) is 0.933. The Morgan fingerprint density at radius 2 is 1.95 bits per heavy atom. The molecule has 0 radical (unpaired) electrons. The van der Waals surface area contributed by atoms with Crippen molar-refractivity contribution in [2.45, 2.75) is 32.6 Å². The number of nitrogens with one attached hydrogen (secondary N) is 1. The molecular formula is C15H29N3O. The van der Waals surface area contributed by atoms with Crippen molar-refractivity contribution in [3.05, 3.63) is 0 Å². The van der Waals surface area contributed by atoms with Crippen LogP contribution in [0.15, 0.2) is 0 Å². The maximum absolute atomic E-state index is 12.3. The molecule has 1 N–H and O–H groups in total. The molecule has 4 heteroatoms. The van der Waals surface area contributed by atoms with Gasteiger partial charge in [-0.1, -0.05) is 6.92 Å². The van der Waals surface area contributed by atoms with Gasteiger partial charge in [-0.25, -0.2) is 0 Å². The molecular weight excluding hydrogens is 238 g/mol. The summed E-state index contributed by atoms with van der Waals surface area (Å²) in [7, 11) is 2.01. The number of piperidine rings is 2. The van der Waals surface area contributed by atoms with Crippen LogP contribution in [0.2, 0.25) is 0 Å². The summed E-state index contributed by atoms with van der Waals surface area (Å²) in [4.78, 5) is 16.7. The summed E-state index contributed by atoms with van der Waals surface area (Å²) in [5.74, 6) is 1.85. The van der Waals surface area contributed by atoms with Crippen LogP contribution in [0.1, 0.15) is 32.6 Å². The van der Waals surface area contributed by atoms with E-state index in [-0.39, 0.29) is 0 Å². The summed E-state index contributed by atoms with van der Waals surface area (Å²) in [5.41, 5.74) is 0. The minimum absolute atomic E-state index is 0.344. The van der Waals surface area contributed by atoms with E-state index in [1.165, 1.54) is 25.7 Å². The van der Waals surface area contributed by atoms with E-state index in [1.807, 2.05) is 7.05 Å². The van der Waals surface area contributed by atoms with Crippen molar-refractivity contribution < 1.29 is 4.79 Å².